The van der Waals surface area contributed by atoms with Gasteiger partial charge in [-0.05, 0) is 24.9 Å². The number of benzene rings is 1. The minimum Gasteiger partial charge on any atom is -0.481 e. The Labute approximate surface area is 130 Å². The van der Waals surface area contributed by atoms with Crippen LogP contribution in [-0.4, -0.2) is 35.1 Å². The van der Waals surface area contributed by atoms with Gasteiger partial charge in [0.1, 0.15) is 6.61 Å². The summed E-state index contributed by atoms with van der Waals surface area (Å²) in [6.45, 7) is 1.36. The van der Waals surface area contributed by atoms with Crippen molar-refractivity contribution in [3.05, 3.63) is 35.9 Å². The molecule has 0 aliphatic rings. The number of unbranched alkanes of at least 4 members (excludes halogenated alkanes) is 2. The monoisotopic (exact) mass is 308 g/mol. The fraction of sp³-hybridized carbons (Fsp3) is 0.500. The second-order valence-electron chi connectivity index (χ2n) is 5.00. The van der Waals surface area contributed by atoms with Crippen LogP contribution in [0.15, 0.2) is 30.3 Å². The van der Waals surface area contributed by atoms with E-state index in [-0.39, 0.29) is 25.4 Å². The summed E-state index contributed by atoms with van der Waals surface area (Å²) in [6.07, 6.45) is 2.35. The molecule has 122 valence electrons. The maximum absolute atomic E-state index is 12.0. The van der Waals surface area contributed by atoms with Crippen molar-refractivity contribution in [2.75, 3.05) is 13.1 Å². The number of carboxylic acids is 1. The van der Waals surface area contributed by atoms with Crippen molar-refractivity contribution in [3.63, 3.8) is 0 Å². The van der Waals surface area contributed by atoms with E-state index in [0.717, 1.165) is 24.8 Å². The Balaban J connectivity index is 2.48. The zero-order chi connectivity index (χ0) is 16.2. The third kappa shape index (κ3) is 7.75. The SMILES string of the molecule is NCCCCCN(OCc1ccccc1)C(=O)CCC(=O)O. The maximum atomic E-state index is 12.0. The van der Waals surface area contributed by atoms with Gasteiger partial charge >= 0.3 is 5.97 Å². The van der Waals surface area contributed by atoms with E-state index in [1.54, 1.807) is 0 Å². The van der Waals surface area contributed by atoms with Crippen LogP contribution in [0.2, 0.25) is 0 Å². The molecule has 0 heterocycles. The quantitative estimate of drug-likeness (QED) is 0.481. The number of carbonyl (C=O) groups excluding carboxylic acids is 1. The van der Waals surface area contributed by atoms with Crippen LogP contribution in [0.25, 0.3) is 0 Å². The first kappa shape index (κ1) is 18.1. The van der Waals surface area contributed by atoms with Crippen LogP contribution < -0.4 is 5.73 Å². The van der Waals surface area contributed by atoms with E-state index in [4.69, 9.17) is 15.7 Å². The summed E-state index contributed by atoms with van der Waals surface area (Å²) in [7, 11) is 0. The number of nitrogens with two attached hydrogens (primary N) is 1. The Hall–Kier alpha value is -1.92. The average molecular weight is 308 g/mol. The predicted octanol–water partition coefficient (Wildman–Crippen LogP) is 1.94. The van der Waals surface area contributed by atoms with Crippen LogP contribution in [0.1, 0.15) is 37.7 Å². The lowest BCUT2D eigenvalue weighted by atomic mass is 10.2. The van der Waals surface area contributed by atoms with Crippen LogP contribution in [0.4, 0.5) is 0 Å². The summed E-state index contributed by atoms with van der Waals surface area (Å²) in [4.78, 5) is 28.2. The molecule has 0 radical (unpaired) electrons. The molecule has 6 nitrogen and oxygen atoms in total. The maximum Gasteiger partial charge on any atom is 0.303 e. The molecule has 0 atom stereocenters. The Bertz CT molecular complexity index is 451. The highest BCUT2D eigenvalue weighted by Crippen LogP contribution is 2.08. The fourth-order valence-corrected chi connectivity index (χ4v) is 1.90. The summed E-state index contributed by atoms with van der Waals surface area (Å²) in [5.74, 6) is -1.29. The summed E-state index contributed by atoms with van der Waals surface area (Å²) in [5.41, 5.74) is 6.40. The minimum absolute atomic E-state index is 0.0546. The molecule has 1 amide bonds. The van der Waals surface area contributed by atoms with Gasteiger partial charge in [-0.2, -0.15) is 0 Å². The zero-order valence-electron chi connectivity index (χ0n) is 12.7. The number of hydroxylamine groups is 2. The topological polar surface area (TPSA) is 92.9 Å². The van der Waals surface area contributed by atoms with Crippen molar-refractivity contribution in [1.82, 2.24) is 5.06 Å². The molecule has 6 heteroatoms. The molecule has 1 rings (SSSR count). The van der Waals surface area contributed by atoms with Gasteiger partial charge in [0.15, 0.2) is 0 Å². The van der Waals surface area contributed by atoms with Gasteiger partial charge < -0.3 is 10.8 Å². The van der Waals surface area contributed by atoms with Gasteiger partial charge in [0.2, 0.25) is 5.91 Å². The van der Waals surface area contributed by atoms with E-state index >= 15 is 0 Å². The van der Waals surface area contributed by atoms with E-state index in [0.29, 0.717) is 13.1 Å². The third-order valence-corrected chi connectivity index (χ3v) is 3.13. The molecule has 0 saturated carbocycles. The Kier molecular flexibility index (Phi) is 8.86. The minimum atomic E-state index is -0.987. The number of hydrogen-bond acceptors (Lipinski definition) is 4. The van der Waals surface area contributed by atoms with Crippen LogP contribution >= 0.6 is 0 Å². The molecule has 0 aliphatic carbocycles. The van der Waals surface area contributed by atoms with Crippen LogP contribution in [0.5, 0.6) is 0 Å². The molecular formula is C16H24N2O4. The van der Waals surface area contributed by atoms with Crippen LogP contribution in [0, 0.1) is 0 Å². The van der Waals surface area contributed by atoms with Gasteiger partial charge in [-0.15, -0.1) is 0 Å². The van der Waals surface area contributed by atoms with Crippen molar-refractivity contribution in [2.24, 2.45) is 5.73 Å². The molecule has 0 fully saturated rings. The number of nitrogens with zero attached hydrogens (tertiary/aromatic N) is 1. The van der Waals surface area contributed by atoms with E-state index < -0.39 is 5.97 Å². The number of aliphatic carboxylic acids is 1. The largest absolute Gasteiger partial charge is 0.481 e. The highest BCUT2D eigenvalue weighted by atomic mass is 16.7. The van der Waals surface area contributed by atoms with Gasteiger partial charge in [-0.1, -0.05) is 36.8 Å². The molecule has 22 heavy (non-hydrogen) atoms. The van der Waals surface area contributed by atoms with Gasteiger partial charge in [0.25, 0.3) is 0 Å². The molecule has 1 aromatic rings. The summed E-state index contributed by atoms with van der Waals surface area (Å²) in [6, 6.07) is 9.53. The van der Waals surface area contributed by atoms with Gasteiger partial charge in [-0.3, -0.25) is 14.4 Å². The molecule has 3 N–H and O–H groups in total. The highest BCUT2D eigenvalue weighted by Gasteiger charge is 2.15. The average Bonchev–Trinajstić information content (AvgIpc) is 2.53. The van der Waals surface area contributed by atoms with Gasteiger partial charge in [0.05, 0.1) is 6.42 Å². The summed E-state index contributed by atoms with van der Waals surface area (Å²) in [5, 5.41) is 9.96. The Morgan fingerprint density at radius 2 is 1.82 bits per heavy atom. The van der Waals surface area contributed by atoms with Crippen LogP contribution in [0.3, 0.4) is 0 Å². The number of amides is 1. The first-order valence-corrected chi connectivity index (χ1v) is 7.52. The zero-order valence-corrected chi connectivity index (χ0v) is 12.7. The van der Waals surface area contributed by atoms with Gasteiger partial charge in [-0.25, -0.2) is 5.06 Å². The van der Waals surface area contributed by atoms with Gasteiger partial charge in [0, 0.05) is 13.0 Å². The predicted molar refractivity (Wildman–Crippen MR) is 82.7 cm³/mol. The molecule has 0 aromatic heterocycles. The van der Waals surface area contributed by atoms with E-state index in [1.165, 1.54) is 5.06 Å². The fourth-order valence-electron chi connectivity index (χ4n) is 1.90. The van der Waals surface area contributed by atoms with Crippen molar-refractivity contribution >= 4 is 11.9 Å². The molecule has 0 spiro atoms. The van der Waals surface area contributed by atoms with E-state index in [2.05, 4.69) is 0 Å². The lowest BCUT2D eigenvalue weighted by Gasteiger charge is -2.22. The lowest BCUT2D eigenvalue weighted by Crippen LogP contribution is -2.32. The van der Waals surface area contributed by atoms with Crippen molar-refractivity contribution in [3.8, 4) is 0 Å². The molecule has 0 bridgehead atoms. The Morgan fingerprint density at radius 3 is 2.45 bits per heavy atom. The van der Waals surface area contributed by atoms with Crippen LogP contribution in [-0.2, 0) is 21.0 Å². The Morgan fingerprint density at radius 1 is 1.09 bits per heavy atom. The van der Waals surface area contributed by atoms with E-state index in [9.17, 15) is 9.59 Å². The number of hydrogen-bond donors (Lipinski definition) is 2. The normalized spacial score (nSPS) is 10.4. The first-order chi connectivity index (χ1) is 10.6. The summed E-state index contributed by atoms with van der Waals surface area (Å²) < 4.78 is 0. The molecule has 0 aliphatic heterocycles. The number of carboxylic acid groups (broad SMARTS) is 1. The smallest absolute Gasteiger partial charge is 0.303 e. The van der Waals surface area contributed by atoms with E-state index in [1.807, 2.05) is 30.3 Å². The second-order valence-corrected chi connectivity index (χ2v) is 5.00. The van der Waals surface area contributed by atoms with Crippen molar-refractivity contribution < 1.29 is 19.5 Å². The standard InChI is InChI=1S/C16H24N2O4/c17-11-5-2-6-12-18(15(19)9-10-16(20)21)22-13-14-7-3-1-4-8-14/h1,3-4,7-8H,2,5-6,9-13,17H2,(H,20,21). The number of carbonyl (C=O) groups is 2. The molecular weight excluding hydrogens is 284 g/mol. The molecule has 0 saturated heterocycles. The first-order valence-electron chi connectivity index (χ1n) is 7.52. The number of rotatable bonds is 11. The lowest BCUT2D eigenvalue weighted by molar-refractivity contribution is -0.192. The third-order valence-electron chi connectivity index (χ3n) is 3.13. The summed E-state index contributed by atoms with van der Waals surface area (Å²) >= 11 is 0. The van der Waals surface area contributed by atoms with Crippen molar-refractivity contribution in [1.29, 1.82) is 0 Å². The highest BCUT2D eigenvalue weighted by molar-refractivity contribution is 5.79. The molecule has 1 aromatic carbocycles. The molecule has 0 unspecified atom stereocenters. The van der Waals surface area contributed by atoms with Crippen molar-refractivity contribution in [2.45, 2.75) is 38.7 Å². The second kappa shape index (κ2) is 10.8.